The Morgan fingerprint density at radius 3 is 2.62 bits per heavy atom. The molecule has 0 radical (unpaired) electrons. The second-order valence-corrected chi connectivity index (χ2v) is 6.56. The number of fused-ring (bicyclic) bond motifs is 1. The third-order valence-corrected chi connectivity index (χ3v) is 5.03. The average molecular weight is 326 g/mol. The van der Waals surface area contributed by atoms with E-state index in [-0.39, 0.29) is 5.92 Å². The number of amides is 1. The van der Waals surface area contributed by atoms with Gasteiger partial charge in [0.1, 0.15) is 5.82 Å². The van der Waals surface area contributed by atoms with Gasteiger partial charge in [0, 0.05) is 49.8 Å². The predicted octanol–water partition coefficient (Wildman–Crippen LogP) is 1.69. The van der Waals surface area contributed by atoms with Crippen LogP contribution in [0.3, 0.4) is 0 Å². The van der Waals surface area contributed by atoms with E-state index in [1.54, 1.807) is 12.4 Å². The second-order valence-electron chi connectivity index (χ2n) is 6.56. The van der Waals surface area contributed by atoms with Crippen molar-refractivity contribution in [2.45, 2.75) is 44.8 Å². The summed E-state index contributed by atoms with van der Waals surface area (Å²) >= 11 is 0. The molecule has 0 spiro atoms. The Labute approximate surface area is 141 Å². The molecule has 0 bridgehead atoms. The van der Waals surface area contributed by atoms with Crippen LogP contribution in [0.4, 0.5) is 5.95 Å². The van der Waals surface area contributed by atoms with Crippen LogP contribution in [0, 0.1) is 5.92 Å². The zero-order chi connectivity index (χ0) is 16.4. The van der Waals surface area contributed by atoms with E-state index in [1.807, 2.05) is 23.4 Å². The Balaban J connectivity index is 1.30. The number of nitrogens with zero attached hydrogens (tertiary/aromatic N) is 5. The maximum atomic E-state index is 12.8. The lowest BCUT2D eigenvalue weighted by atomic mass is 9.85. The molecule has 3 heterocycles. The fourth-order valence-corrected chi connectivity index (χ4v) is 3.66. The van der Waals surface area contributed by atoms with Crippen LogP contribution >= 0.6 is 0 Å². The second kappa shape index (κ2) is 6.59. The number of imidazole rings is 1. The molecule has 4 rings (SSSR count). The lowest BCUT2D eigenvalue weighted by Gasteiger charge is -2.34. The minimum Gasteiger partial charge on any atom is -0.351 e. The van der Waals surface area contributed by atoms with E-state index in [4.69, 9.17) is 0 Å². The summed E-state index contributed by atoms with van der Waals surface area (Å²) in [7, 11) is 0. The van der Waals surface area contributed by atoms with Gasteiger partial charge in [-0.25, -0.2) is 15.0 Å². The first kappa shape index (κ1) is 15.1. The van der Waals surface area contributed by atoms with Gasteiger partial charge in [0.05, 0.1) is 6.54 Å². The van der Waals surface area contributed by atoms with Gasteiger partial charge in [0.2, 0.25) is 11.9 Å². The van der Waals surface area contributed by atoms with Gasteiger partial charge in [-0.3, -0.25) is 4.79 Å². The van der Waals surface area contributed by atoms with Gasteiger partial charge in [-0.05, 0) is 31.7 Å². The maximum absolute atomic E-state index is 12.8. The Morgan fingerprint density at radius 2 is 1.83 bits per heavy atom. The van der Waals surface area contributed by atoms with Gasteiger partial charge >= 0.3 is 0 Å². The lowest BCUT2D eigenvalue weighted by Crippen LogP contribution is -2.43. The molecule has 24 heavy (non-hydrogen) atoms. The highest BCUT2D eigenvalue weighted by atomic mass is 16.2. The Kier molecular flexibility index (Phi) is 4.15. The zero-order valence-corrected chi connectivity index (χ0v) is 13.6. The van der Waals surface area contributed by atoms with Gasteiger partial charge < -0.3 is 14.8 Å². The van der Waals surface area contributed by atoms with Crippen LogP contribution in [0.25, 0.3) is 0 Å². The average Bonchev–Trinajstić information content (AvgIpc) is 3.10. The minimum absolute atomic E-state index is 0.140. The predicted molar refractivity (Wildman–Crippen MR) is 89.0 cm³/mol. The highest BCUT2D eigenvalue weighted by Gasteiger charge is 2.31. The van der Waals surface area contributed by atoms with Crippen molar-refractivity contribution in [3.05, 3.63) is 36.7 Å². The van der Waals surface area contributed by atoms with E-state index in [1.165, 1.54) is 0 Å². The van der Waals surface area contributed by atoms with E-state index >= 15 is 0 Å². The molecule has 0 unspecified atom stereocenters. The first-order chi connectivity index (χ1) is 11.8. The quantitative estimate of drug-likeness (QED) is 0.929. The van der Waals surface area contributed by atoms with Crippen LogP contribution in [0.15, 0.2) is 30.9 Å². The van der Waals surface area contributed by atoms with Gasteiger partial charge in [-0.15, -0.1) is 0 Å². The van der Waals surface area contributed by atoms with E-state index in [0.29, 0.717) is 24.4 Å². The molecular formula is C17H22N6O. The third kappa shape index (κ3) is 3.11. The molecule has 7 nitrogen and oxygen atoms in total. The van der Waals surface area contributed by atoms with Crippen LogP contribution in [0.5, 0.6) is 0 Å². The Morgan fingerprint density at radius 1 is 1.04 bits per heavy atom. The summed E-state index contributed by atoms with van der Waals surface area (Å²) in [4.78, 5) is 27.5. The molecule has 2 aromatic rings. The number of carbonyl (C=O) groups excluding carboxylic acids is 1. The Hall–Kier alpha value is -2.44. The van der Waals surface area contributed by atoms with Crippen molar-refractivity contribution in [2.75, 3.05) is 11.9 Å². The van der Waals surface area contributed by atoms with Crippen molar-refractivity contribution in [1.29, 1.82) is 0 Å². The summed E-state index contributed by atoms with van der Waals surface area (Å²) in [5, 5.41) is 3.37. The molecule has 1 aliphatic heterocycles. The third-order valence-electron chi connectivity index (χ3n) is 5.03. The number of carbonyl (C=O) groups is 1. The first-order valence-electron chi connectivity index (χ1n) is 8.62. The highest BCUT2D eigenvalue weighted by Crippen LogP contribution is 2.28. The monoisotopic (exact) mass is 326 g/mol. The van der Waals surface area contributed by atoms with Crippen molar-refractivity contribution >= 4 is 11.9 Å². The molecule has 0 aromatic carbocycles. The van der Waals surface area contributed by atoms with Crippen molar-refractivity contribution in [3.8, 4) is 0 Å². The molecule has 1 fully saturated rings. The molecule has 2 aromatic heterocycles. The molecule has 1 N–H and O–H groups in total. The van der Waals surface area contributed by atoms with E-state index in [9.17, 15) is 4.79 Å². The number of hydrogen-bond acceptors (Lipinski definition) is 5. The van der Waals surface area contributed by atoms with E-state index in [0.717, 1.165) is 44.6 Å². The van der Waals surface area contributed by atoms with Crippen LogP contribution in [0.1, 0.15) is 31.5 Å². The summed E-state index contributed by atoms with van der Waals surface area (Å²) in [6.07, 6.45) is 11.1. The minimum atomic E-state index is 0.140. The molecule has 2 aliphatic rings. The highest BCUT2D eigenvalue weighted by molar-refractivity contribution is 5.79. The molecule has 0 saturated heterocycles. The van der Waals surface area contributed by atoms with Crippen LogP contribution in [-0.4, -0.2) is 42.9 Å². The van der Waals surface area contributed by atoms with Gasteiger partial charge in [-0.2, -0.15) is 0 Å². The summed E-state index contributed by atoms with van der Waals surface area (Å²) in [6.45, 7) is 2.28. The summed E-state index contributed by atoms with van der Waals surface area (Å²) < 4.78 is 2.13. The van der Waals surface area contributed by atoms with Gasteiger partial charge in [0.15, 0.2) is 0 Å². The summed E-state index contributed by atoms with van der Waals surface area (Å²) in [6, 6.07) is 2.17. The molecular weight excluding hydrogens is 304 g/mol. The number of rotatable bonds is 3. The van der Waals surface area contributed by atoms with E-state index in [2.05, 4.69) is 24.8 Å². The maximum Gasteiger partial charge on any atom is 0.226 e. The Bertz CT molecular complexity index is 692. The molecule has 1 aliphatic carbocycles. The number of nitrogens with one attached hydrogen (secondary N) is 1. The number of anilines is 1. The standard InChI is InChI=1S/C17H22N6O/c24-16(23-11-10-22-9-8-18-15(22)12-23)13-2-4-14(5-3-13)21-17-19-6-1-7-20-17/h1,6-9,13-14H,2-5,10-12H2,(H,19,20,21). The van der Waals surface area contributed by atoms with Crippen molar-refractivity contribution in [3.63, 3.8) is 0 Å². The van der Waals surface area contributed by atoms with Gasteiger partial charge in [-0.1, -0.05) is 0 Å². The van der Waals surface area contributed by atoms with Gasteiger partial charge in [0.25, 0.3) is 0 Å². The molecule has 0 atom stereocenters. The molecule has 1 amide bonds. The topological polar surface area (TPSA) is 75.9 Å². The first-order valence-corrected chi connectivity index (χ1v) is 8.62. The number of hydrogen-bond donors (Lipinski definition) is 1. The number of aromatic nitrogens is 4. The molecule has 7 heteroatoms. The fraction of sp³-hybridized carbons (Fsp3) is 0.529. The summed E-state index contributed by atoms with van der Waals surface area (Å²) in [5.41, 5.74) is 0. The molecule has 126 valence electrons. The van der Waals surface area contributed by atoms with Crippen molar-refractivity contribution < 1.29 is 4.79 Å². The lowest BCUT2D eigenvalue weighted by molar-refractivity contribution is -0.138. The smallest absolute Gasteiger partial charge is 0.226 e. The van der Waals surface area contributed by atoms with Crippen LogP contribution in [0.2, 0.25) is 0 Å². The van der Waals surface area contributed by atoms with Crippen molar-refractivity contribution in [2.24, 2.45) is 5.92 Å². The van der Waals surface area contributed by atoms with Crippen LogP contribution < -0.4 is 5.32 Å². The SMILES string of the molecule is O=C(C1CCC(Nc2ncccn2)CC1)N1CCn2ccnc2C1. The van der Waals surface area contributed by atoms with E-state index < -0.39 is 0 Å². The van der Waals surface area contributed by atoms with Crippen LogP contribution in [-0.2, 0) is 17.9 Å². The zero-order valence-electron chi connectivity index (χ0n) is 13.6. The summed E-state index contributed by atoms with van der Waals surface area (Å²) in [5.74, 6) is 2.10. The van der Waals surface area contributed by atoms with Crippen molar-refractivity contribution in [1.82, 2.24) is 24.4 Å². The normalized spacial score (nSPS) is 23.6. The molecule has 1 saturated carbocycles. The largest absolute Gasteiger partial charge is 0.351 e. The fourth-order valence-electron chi connectivity index (χ4n) is 3.66.